The quantitative estimate of drug-likeness (QED) is 0.873. The summed E-state index contributed by atoms with van der Waals surface area (Å²) in [6.07, 6.45) is 4.45. The number of piperazine rings is 1. The summed E-state index contributed by atoms with van der Waals surface area (Å²) in [6, 6.07) is 3.81. The van der Waals surface area contributed by atoms with Crippen LogP contribution in [0, 0.1) is 0 Å². The summed E-state index contributed by atoms with van der Waals surface area (Å²) in [5.41, 5.74) is -0.728. The Morgan fingerprint density at radius 1 is 1.38 bits per heavy atom. The zero-order valence-corrected chi connectivity index (χ0v) is 13.0. The second-order valence-corrected chi connectivity index (χ2v) is 5.74. The lowest BCUT2D eigenvalue weighted by atomic mass is 9.88. The average Bonchev–Trinajstić information content (AvgIpc) is 3.00. The smallest absolute Gasteiger partial charge is 0.249 e. The minimum absolute atomic E-state index is 0.0196. The van der Waals surface area contributed by atoms with E-state index in [1.54, 1.807) is 11.2 Å². The van der Waals surface area contributed by atoms with E-state index in [9.17, 15) is 9.59 Å². The van der Waals surface area contributed by atoms with Gasteiger partial charge in [-0.25, -0.2) is 0 Å². The highest BCUT2D eigenvalue weighted by atomic mass is 16.3. The first kappa shape index (κ1) is 15.6. The fraction of sp³-hybridized carbons (Fsp3) is 0.625. The Balaban J connectivity index is 2.06. The van der Waals surface area contributed by atoms with E-state index in [0.29, 0.717) is 12.8 Å². The molecule has 0 spiro atoms. The Labute approximate surface area is 125 Å². The number of nitrogens with one attached hydrogen (secondary N) is 1. The molecule has 0 saturated carbocycles. The second-order valence-electron chi connectivity index (χ2n) is 5.74. The van der Waals surface area contributed by atoms with Crippen LogP contribution in [0.3, 0.4) is 0 Å². The van der Waals surface area contributed by atoms with Gasteiger partial charge < -0.3 is 14.6 Å². The van der Waals surface area contributed by atoms with E-state index in [1.807, 2.05) is 32.9 Å². The van der Waals surface area contributed by atoms with Gasteiger partial charge in [0.15, 0.2) is 0 Å². The number of furan rings is 1. The van der Waals surface area contributed by atoms with Crippen LogP contribution in [0.1, 0.15) is 45.8 Å². The lowest BCUT2D eigenvalue weighted by Crippen LogP contribution is -2.67. The number of hydrogen-bond acceptors (Lipinski definition) is 3. The van der Waals surface area contributed by atoms with Crippen LogP contribution in [0.5, 0.6) is 0 Å². The Morgan fingerprint density at radius 3 is 2.67 bits per heavy atom. The van der Waals surface area contributed by atoms with E-state index in [1.165, 1.54) is 0 Å². The third kappa shape index (κ3) is 3.12. The SMILES string of the molecule is CCC1(CC)NC(=O)CN(C(C)CCc2ccco2)C1=O. The highest BCUT2D eigenvalue weighted by Gasteiger charge is 2.45. The van der Waals surface area contributed by atoms with Crippen molar-refractivity contribution in [3.05, 3.63) is 24.2 Å². The largest absolute Gasteiger partial charge is 0.469 e. The summed E-state index contributed by atoms with van der Waals surface area (Å²) in [5.74, 6) is 0.884. The molecule has 0 radical (unpaired) electrons. The van der Waals surface area contributed by atoms with Crippen molar-refractivity contribution in [1.29, 1.82) is 0 Å². The van der Waals surface area contributed by atoms with Crippen LogP contribution >= 0.6 is 0 Å². The first-order valence-corrected chi connectivity index (χ1v) is 7.67. The summed E-state index contributed by atoms with van der Waals surface area (Å²) >= 11 is 0. The molecule has 2 heterocycles. The lowest BCUT2D eigenvalue weighted by Gasteiger charge is -2.43. The van der Waals surface area contributed by atoms with E-state index < -0.39 is 5.54 Å². The molecule has 0 aromatic carbocycles. The van der Waals surface area contributed by atoms with Crippen molar-refractivity contribution in [2.24, 2.45) is 0 Å². The number of carbonyl (C=O) groups excluding carboxylic acids is 2. The van der Waals surface area contributed by atoms with E-state index in [2.05, 4.69) is 5.32 Å². The number of carbonyl (C=O) groups is 2. The fourth-order valence-corrected chi connectivity index (χ4v) is 2.91. The molecule has 2 rings (SSSR count). The van der Waals surface area contributed by atoms with Crippen molar-refractivity contribution < 1.29 is 14.0 Å². The highest BCUT2D eigenvalue weighted by molar-refractivity contribution is 5.98. The Kier molecular flexibility index (Phi) is 4.70. The van der Waals surface area contributed by atoms with Crippen LogP contribution in [-0.4, -0.2) is 34.8 Å². The predicted octanol–water partition coefficient (Wildman–Crippen LogP) is 2.12. The van der Waals surface area contributed by atoms with Crippen molar-refractivity contribution >= 4 is 11.8 Å². The molecule has 0 aliphatic carbocycles. The molecule has 21 heavy (non-hydrogen) atoms. The first-order chi connectivity index (χ1) is 10.0. The number of hydrogen-bond donors (Lipinski definition) is 1. The Bertz CT molecular complexity index is 492. The van der Waals surface area contributed by atoms with Gasteiger partial charge in [-0.15, -0.1) is 0 Å². The Hall–Kier alpha value is -1.78. The summed E-state index contributed by atoms with van der Waals surface area (Å²) < 4.78 is 5.32. The van der Waals surface area contributed by atoms with E-state index >= 15 is 0 Å². The maximum atomic E-state index is 12.7. The summed E-state index contributed by atoms with van der Waals surface area (Å²) in [4.78, 5) is 26.4. The van der Waals surface area contributed by atoms with Gasteiger partial charge in [-0.05, 0) is 38.3 Å². The molecule has 1 aliphatic rings. The average molecular weight is 292 g/mol. The topological polar surface area (TPSA) is 62.6 Å². The van der Waals surface area contributed by atoms with Gasteiger partial charge in [0, 0.05) is 12.5 Å². The third-order valence-corrected chi connectivity index (χ3v) is 4.49. The molecule has 116 valence electrons. The second kappa shape index (κ2) is 6.33. The fourth-order valence-electron chi connectivity index (χ4n) is 2.91. The van der Waals surface area contributed by atoms with Crippen LogP contribution in [0.4, 0.5) is 0 Å². The Morgan fingerprint density at radius 2 is 2.10 bits per heavy atom. The van der Waals surface area contributed by atoms with Crippen LogP contribution in [0.15, 0.2) is 22.8 Å². The molecule has 2 amide bonds. The van der Waals surface area contributed by atoms with Crippen LogP contribution in [0.25, 0.3) is 0 Å². The van der Waals surface area contributed by atoms with Gasteiger partial charge in [-0.2, -0.15) is 0 Å². The van der Waals surface area contributed by atoms with Gasteiger partial charge in [0.05, 0.1) is 12.8 Å². The number of nitrogens with zero attached hydrogens (tertiary/aromatic N) is 1. The minimum Gasteiger partial charge on any atom is -0.469 e. The molecular weight excluding hydrogens is 268 g/mol. The summed E-state index contributed by atoms with van der Waals surface area (Å²) in [6.45, 7) is 6.03. The standard InChI is InChI=1S/C16H24N2O3/c1-4-16(5-2)15(20)18(11-14(19)17-16)12(3)8-9-13-7-6-10-21-13/h6-7,10,12H,4-5,8-9,11H2,1-3H3,(H,17,19). The molecule has 1 fully saturated rings. The van der Waals surface area contributed by atoms with E-state index in [4.69, 9.17) is 4.42 Å². The number of amides is 2. The number of rotatable bonds is 6. The molecule has 1 atom stereocenters. The molecule has 1 N–H and O–H groups in total. The van der Waals surface area contributed by atoms with Gasteiger partial charge in [-0.3, -0.25) is 9.59 Å². The molecule has 1 aromatic rings. The maximum Gasteiger partial charge on any atom is 0.249 e. The van der Waals surface area contributed by atoms with Crippen LogP contribution in [0.2, 0.25) is 0 Å². The third-order valence-electron chi connectivity index (χ3n) is 4.49. The molecule has 1 aliphatic heterocycles. The van der Waals surface area contributed by atoms with Gasteiger partial charge in [0.1, 0.15) is 11.3 Å². The van der Waals surface area contributed by atoms with E-state index in [-0.39, 0.29) is 24.4 Å². The monoisotopic (exact) mass is 292 g/mol. The van der Waals surface area contributed by atoms with Crippen LogP contribution in [-0.2, 0) is 16.0 Å². The molecule has 1 aromatic heterocycles. The summed E-state index contributed by atoms with van der Waals surface area (Å²) in [7, 11) is 0. The summed E-state index contributed by atoms with van der Waals surface area (Å²) in [5, 5.41) is 2.88. The van der Waals surface area contributed by atoms with Crippen molar-refractivity contribution in [3.8, 4) is 0 Å². The highest BCUT2D eigenvalue weighted by Crippen LogP contribution is 2.24. The van der Waals surface area contributed by atoms with Crippen molar-refractivity contribution in [3.63, 3.8) is 0 Å². The van der Waals surface area contributed by atoms with Crippen LogP contribution < -0.4 is 5.32 Å². The minimum atomic E-state index is -0.728. The zero-order valence-electron chi connectivity index (χ0n) is 13.0. The van der Waals surface area contributed by atoms with E-state index in [0.717, 1.165) is 18.6 Å². The van der Waals surface area contributed by atoms with Gasteiger partial charge >= 0.3 is 0 Å². The molecule has 1 saturated heterocycles. The molecule has 5 heteroatoms. The number of aryl methyl sites for hydroxylation is 1. The van der Waals surface area contributed by atoms with Crippen molar-refractivity contribution in [2.45, 2.75) is 58.0 Å². The van der Waals surface area contributed by atoms with Gasteiger partial charge in [-0.1, -0.05) is 13.8 Å². The maximum absolute atomic E-state index is 12.7. The first-order valence-electron chi connectivity index (χ1n) is 7.67. The molecular formula is C16H24N2O3. The molecule has 5 nitrogen and oxygen atoms in total. The predicted molar refractivity (Wildman–Crippen MR) is 79.7 cm³/mol. The normalized spacial score (nSPS) is 19.5. The van der Waals surface area contributed by atoms with Crippen molar-refractivity contribution in [2.75, 3.05) is 6.54 Å². The van der Waals surface area contributed by atoms with Crippen molar-refractivity contribution in [1.82, 2.24) is 10.2 Å². The zero-order chi connectivity index (χ0) is 15.5. The van der Waals surface area contributed by atoms with Gasteiger partial charge in [0.2, 0.25) is 11.8 Å². The van der Waals surface area contributed by atoms with Gasteiger partial charge in [0.25, 0.3) is 0 Å². The lowest BCUT2D eigenvalue weighted by molar-refractivity contribution is -0.152. The molecule has 1 unspecified atom stereocenters. The molecule has 0 bridgehead atoms.